The molecule has 0 aliphatic carbocycles. The minimum atomic E-state index is -0.246. The topological polar surface area (TPSA) is 45.0 Å². The van der Waals surface area contributed by atoms with Gasteiger partial charge in [-0.2, -0.15) is 5.26 Å². The van der Waals surface area contributed by atoms with E-state index in [0.29, 0.717) is 18.5 Å². The molecule has 0 amide bonds. The van der Waals surface area contributed by atoms with Gasteiger partial charge in [-0.05, 0) is 36.4 Å². The monoisotopic (exact) mass is 346 g/mol. The van der Waals surface area contributed by atoms with Crippen molar-refractivity contribution >= 4 is 21.6 Å². The lowest BCUT2D eigenvalue weighted by molar-refractivity contribution is 0.246. The first-order valence-corrected chi connectivity index (χ1v) is 7.33. The van der Waals surface area contributed by atoms with Crippen molar-refractivity contribution < 1.29 is 9.13 Å². The molecule has 106 valence electrons. The number of anilines is 1. The molecule has 2 aromatic carbocycles. The summed E-state index contributed by atoms with van der Waals surface area (Å²) in [6, 6.07) is 12.2. The molecule has 1 unspecified atom stereocenters. The summed E-state index contributed by atoms with van der Waals surface area (Å²) in [5.74, 6) is 0.489. The van der Waals surface area contributed by atoms with E-state index in [4.69, 9.17) is 10.00 Å². The lowest BCUT2D eigenvalue weighted by Gasteiger charge is -2.14. The second kappa shape index (κ2) is 5.74. The van der Waals surface area contributed by atoms with Gasteiger partial charge in [-0.3, -0.25) is 0 Å². The zero-order valence-electron chi connectivity index (χ0n) is 11.1. The van der Waals surface area contributed by atoms with Crippen LogP contribution in [0.3, 0.4) is 0 Å². The number of halogens is 2. The Morgan fingerprint density at radius 1 is 1.33 bits per heavy atom. The van der Waals surface area contributed by atoms with Gasteiger partial charge in [-0.1, -0.05) is 15.9 Å². The summed E-state index contributed by atoms with van der Waals surface area (Å²) in [4.78, 5) is 0. The van der Waals surface area contributed by atoms with Crippen molar-refractivity contribution in [3.8, 4) is 11.8 Å². The van der Waals surface area contributed by atoms with Gasteiger partial charge in [0.1, 0.15) is 23.7 Å². The van der Waals surface area contributed by atoms with Crippen LogP contribution in [-0.4, -0.2) is 12.6 Å². The maximum Gasteiger partial charge on any atom is 0.123 e. The van der Waals surface area contributed by atoms with Crippen LogP contribution in [0.4, 0.5) is 10.1 Å². The van der Waals surface area contributed by atoms with Crippen LogP contribution in [0.1, 0.15) is 11.1 Å². The van der Waals surface area contributed by atoms with Crippen LogP contribution in [0.2, 0.25) is 0 Å². The number of hydrogen-bond donors (Lipinski definition) is 1. The highest BCUT2D eigenvalue weighted by Crippen LogP contribution is 2.29. The lowest BCUT2D eigenvalue weighted by Crippen LogP contribution is -2.24. The van der Waals surface area contributed by atoms with Gasteiger partial charge in [-0.25, -0.2) is 4.39 Å². The van der Waals surface area contributed by atoms with Crippen molar-refractivity contribution in [2.24, 2.45) is 0 Å². The number of nitrogens with one attached hydrogen (secondary N) is 1. The van der Waals surface area contributed by atoms with Crippen molar-refractivity contribution in [3.05, 3.63) is 57.8 Å². The Morgan fingerprint density at radius 3 is 3.00 bits per heavy atom. The number of hydrogen-bond acceptors (Lipinski definition) is 3. The predicted octanol–water partition coefficient (Wildman–Crippen LogP) is 3.88. The SMILES string of the molecule is N#Cc1ccc(Br)cc1NCC1Cc2cc(F)ccc2O1. The normalized spacial score (nSPS) is 16.0. The number of fused-ring (bicyclic) bond motifs is 1. The van der Waals surface area contributed by atoms with Gasteiger partial charge in [0, 0.05) is 16.5 Å². The molecule has 0 radical (unpaired) electrons. The molecule has 0 saturated heterocycles. The number of rotatable bonds is 3. The number of nitrogens with zero attached hydrogens (tertiary/aromatic N) is 1. The van der Waals surface area contributed by atoms with E-state index in [-0.39, 0.29) is 11.9 Å². The quantitative estimate of drug-likeness (QED) is 0.917. The van der Waals surface area contributed by atoms with E-state index >= 15 is 0 Å². The fraction of sp³-hybridized carbons (Fsp3) is 0.188. The van der Waals surface area contributed by atoms with Crippen LogP contribution >= 0.6 is 15.9 Å². The summed E-state index contributed by atoms with van der Waals surface area (Å²) in [7, 11) is 0. The third-order valence-electron chi connectivity index (χ3n) is 3.39. The van der Waals surface area contributed by atoms with Crippen LogP contribution in [0.25, 0.3) is 0 Å². The van der Waals surface area contributed by atoms with Gasteiger partial charge in [0.25, 0.3) is 0 Å². The van der Waals surface area contributed by atoms with Gasteiger partial charge < -0.3 is 10.1 Å². The molecular formula is C16H12BrFN2O. The van der Waals surface area contributed by atoms with E-state index in [2.05, 4.69) is 27.3 Å². The average molecular weight is 347 g/mol. The van der Waals surface area contributed by atoms with Gasteiger partial charge in [0.05, 0.1) is 17.8 Å². The zero-order chi connectivity index (χ0) is 14.8. The molecule has 0 saturated carbocycles. The van der Waals surface area contributed by atoms with Gasteiger partial charge in [0.15, 0.2) is 0 Å². The molecule has 1 N–H and O–H groups in total. The molecule has 0 spiro atoms. The molecule has 1 aliphatic heterocycles. The average Bonchev–Trinajstić information content (AvgIpc) is 2.87. The van der Waals surface area contributed by atoms with Crippen LogP contribution < -0.4 is 10.1 Å². The molecule has 0 bridgehead atoms. The van der Waals surface area contributed by atoms with Crippen molar-refractivity contribution in [1.82, 2.24) is 0 Å². The second-order valence-electron chi connectivity index (χ2n) is 4.88. The Labute approximate surface area is 130 Å². The maximum absolute atomic E-state index is 13.2. The highest BCUT2D eigenvalue weighted by atomic mass is 79.9. The van der Waals surface area contributed by atoms with Crippen molar-refractivity contribution in [2.75, 3.05) is 11.9 Å². The largest absolute Gasteiger partial charge is 0.488 e. The molecule has 0 aromatic heterocycles. The van der Waals surface area contributed by atoms with Crippen molar-refractivity contribution in [1.29, 1.82) is 5.26 Å². The van der Waals surface area contributed by atoms with E-state index in [9.17, 15) is 4.39 Å². The summed E-state index contributed by atoms with van der Waals surface area (Å²) in [6.45, 7) is 0.557. The molecule has 21 heavy (non-hydrogen) atoms. The molecule has 3 rings (SSSR count). The summed E-state index contributed by atoms with van der Waals surface area (Å²) in [5, 5.41) is 12.3. The Morgan fingerprint density at radius 2 is 2.19 bits per heavy atom. The molecule has 1 aliphatic rings. The first-order chi connectivity index (χ1) is 10.2. The van der Waals surface area contributed by atoms with Crippen molar-refractivity contribution in [2.45, 2.75) is 12.5 Å². The van der Waals surface area contributed by atoms with Crippen molar-refractivity contribution in [3.63, 3.8) is 0 Å². The molecule has 3 nitrogen and oxygen atoms in total. The molecular weight excluding hydrogens is 335 g/mol. The zero-order valence-corrected chi connectivity index (χ0v) is 12.7. The molecule has 5 heteroatoms. The smallest absolute Gasteiger partial charge is 0.123 e. The van der Waals surface area contributed by atoms with Crippen LogP contribution in [0, 0.1) is 17.1 Å². The van der Waals surface area contributed by atoms with Crippen LogP contribution in [0.15, 0.2) is 40.9 Å². The minimum Gasteiger partial charge on any atom is -0.488 e. The molecule has 0 fully saturated rings. The van der Waals surface area contributed by atoms with E-state index in [0.717, 1.165) is 21.5 Å². The fourth-order valence-electron chi connectivity index (χ4n) is 2.39. The third kappa shape index (κ3) is 3.01. The highest BCUT2D eigenvalue weighted by Gasteiger charge is 2.23. The highest BCUT2D eigenvalue weighted by molar-refractivity contribution is 9.10. The number of ether oxygens (including phenoxy) is 1. The summed E-state index contributed by atoms with van der Waals surface area (Å²) >= 11 is 3.39. The Hall–Kier alpha value is -2.06. The number of benzene rings is 2. The Kier molecular flexibility index (Phi) is 3.80. The molecule has 1 atom stereocenters. The Bertz CT molecular complexity index is 727. The lowest BCUT2D eigenvalue weighted by atomic mass is 10.1. The summed E-state index contributed by atoms with van der Waals surface area (Å²) in [5.41, 5.74) is 2.23. The molecule has 1 heterocycles. The first-order valence-electron chi connectivity index (χ1n) is 6.54. The van der Waals surface area contributed by atoms with E-state index < -0.39 is 0 Å². The van der Waals surface area contributed by atoms with E-state index in [1.54, 1.807) is 12.1 Å². The third-order valence-corrected chi connectivity index (χ3v) is 3.88. The van der Waals surface area contributed by atoms with Gasteiger partial charge in [0.2, 0.25) is 0 Å². The van der Waals surface area contributed by atoms with Crippen LogP contribution in [0.5, 0.6) is 5.75 Å². The molecule has 2 aromatic rings. The van der Waals surface area contributed by atoms with Gasteiger partial charge in [-0.15, -0.1) is 0 Å². The fourth-order valence-corrected chi connectivity index (χ4v) is 2.75. The van der Waals surface area contributed by atoms with E-state index in [1.165, 1.54) is 12.1 Å². The maximum atomic E-state index is 13.2. The van der Waals surface area contributed by atoms with Crippen LogP contribution in [-0.2, 0) is 6.42 Å². The van der Waals surface area contributed by atoms with E-state index in [1.807, 2.05) is 12.1 Å². The first kappa shape index (κ1) is 13.9. The predicted molar refractivity (Wildman–Crippen MR) is 81.9 cm³/mol. The standard InChI is InChI=1S/C16H12BrFN2O/c17-12-2-1-10(8-19)15(7-12)20-9-14-6-11-5-13(18)3-4-16(11)21-14/h1-5,7,14,20H,6,9H2. The Balaban J connectivity index is 1.68. The van der Waals surface area contributed by atoms with Gasteiger partial charge >= 0.3 is 0 Å². The summed E-state index contributed by atoms with van der Waals surface area (Å²) in [6.07, 6.45) is 0.600. The number of nitriles is 1. The second-order valence-corrected chi connectivity index (χ2v) is 5.79. The summed E-state index contributed by atoms with van der Waals surface area (Å²) < 4.78 is 19.8. The minimum absolute atomic E-state index is 0.0627.